The van der Waals surface area contributed by atoms with Crippen LogP contribution < -0.4 is 0 Å². The fourth-order valence-electron chi connectivity index (χ4n) is 2.05. The van der Waals surface area contributed by atoms with Gasteiger partial charge in [-0.3, -0.25) is 0 Å². The van der Waals surface area contributed by atoms with Crippen molar-refractivity contribution in [2.75, 3.05) is 0 Å². The fraction of sp³-hybridized carbons (Fsp3) is 0.500. The quantitative estimate of drug-likeness (QED) is 0.601. The highest BCUT2D eigenvalue weighted by Gasteiger charge is 2.37. The topological polar surface area (TPSA) is 9.23 Å². The van der Waals surface area contributed by atoms with Crippen LogP contribution in [0.3, 0.4) is 0 Å². The Labute approximate surface area is 80.8 Å². The van der Waals surface area contributed by atoms with Gasteiger partial charge >= 0.3 is 0 Å². The second kappa shape index (κ2) is 4.43. The van der Waals surface area contributed by atoms with Gasteiger partial charge in [-0.25, -0.2) is 0 Å². The van der Waals surface area contributed by atoms with Crippen molar-refractivity contribution in [2.24, 2.45) is 11.8 Å². The van der Waals surface area contributed by atoms with Gasteiger partial charge in [-0.1, -0.05) is 18.2 Å². The summed E-state index contributed by atoms with van der Waals surface area (Å²) in [7, 11) is 0. The maximum absolute atomic E-state index is 5.79. The molecular formula is C12H18O. The third kappa shape index (κ3) is 1.92. The van der Waals surface area contributed by atoms with Crippen LogP contribution in [0.25, 0.3) is 0 Å². The van der Waals surface area contributed by atoms with Crippen LogP contribution in [0.2, 0.25) is 0 Å². The molecule has 0 amide bonds. The normalized spacial score (nSPS) is 38.5. The minimum atomic E-state index is 0.244. The number of rotatable bonds is 4. The minimum absolute atomic E-state index is 0.244. The maximum atomic E-state index is 5.79. The standard InChI is InChI=1S/C12H18O/c1-5-8-12-11(7-3)10(6-2)9(4)13-12/h5-7,9-12H,1-3,8H2,4H3. The molecule has 0 aromatic rings. The highest BCUT2D eigenvalue weighted by Crippen LogP contribution is 2.35. The van der Waals surface area contributed by atoms with E-state index in [4.69, 9.17) is 4.74 Å². The van der Waals surface area contributed by atoms with E-state index in [1.54, 1.807) is 0 Å². The minimum Gasteiger partial charge on any atom is -0.374 e. The van der Waals surface area contributed by atoms with Crippen LogP contribution in [0.4, 0.5) is 0 Å². The van der Waals surface area contributed by atoms with Crippen LogP contribution in [-0.4, -0.2) is 12.2 Å². The summed E-state index contributed by atoms with van der Waals surface area (Å²) in [6.07, 6.45) is 7.24. The third-order valence-electron chi connectivity index (χ3n) is 2.75. The zero-order valence-electron chi connectivity index (χ0n) is 8.28. The smallest absolute Gasteiger partial charge is 0.0682 e. The zero-order chi connectivity index (χ0) is 9.84. The van der Waals surface area contributed by atoms with Crippen molar-refractivity contribution < 1.29 is 4.74 Å². The molecule has 0 N–H and O–H groups in total. The summed E-state index contributed by atoms with van der Waals surface area (Å²) >= 11 is 0. The van der Waals surface area contributed by atoms with Gasteiger partial charge < -0.3 is 4.74 Å². The molecule has 72 valence electrons. The van der Waals surface area contributed by atoms with E-state index < -0.39 is 0 Å². The van der Waals surface area contributed by atoms with Gasteiger partial charge in [0, 0.05) is 11.8 Å². The number of hydrogen-bond acceptors (Lipinski definition) is 1. The molecule has 1 heterocycles. The summed E-state index contributed by atoms with van der Waals surface area (Å²) in [5.41, 5.74) is 0. The van der Waals surface area contributed by atoms with Crippen LogP contribution in [0.5, 0.6) is 0 Å². The van der Waals surface area contributed by atoms with Crippen LogP contribution in [0.1, 0.15) is 13.3 Å². The van der Waals surface area contributed by atoms with Gasteiger partial charge in [0.05, 0.1) is 12.2 Å². The van der Waals surface area contributed by atoms with E-state index in [1.807, 2.05) is 18.2 Å². The molecule has 0 radical (unpaired) electrons. The molecule has 4 atom stereocenters. The molecule has 1 rings (SSSR count). The third-order valence-corrected chi connectivity index (χ3v) is 2.75. The average molecular weight is 178 g/mol. The van der Waals surface area contributed by atoms with E-state index in [0.29, 0.717) is 11.8 Å². The number of hydrogen-bond donors (Lipinski definition) is 0. The molecule has 1 nitrogen and oxygen atoms in total. The van der Waals surface area contributed by atoms with Crippen LogP contribution in [0, 0.1) is 11.8 Å². The lowest BCUT2D eigenvalue weighted by Crippen LogP contribution is -2.16. The fourth-order valence-corrected chi connectivity index (χ4v) is 2.05. The summed E-state index contributed by atoms with van der Waals surface area (Å²) in [6, 6.07) is 0. The Balaban J connectivity index is 2.73. The Kier molecular flexibility index (Phi) is 3.49. The van der Waals surface area contributed by atoms with E-state index in [0.717, 1.165) is 6.42 Å². The Hall–Kier alpha value is -0.820. The molecule has 1 aliphatic heterocycles. The van der Waals surface area contributed by atoms with E-state index in [-0.39, 0.29) is 12.2 Å². The first-order valence-electron chi connectivity index (χ1n) is 4.76. The second-order valence-corrected chi connectivity index (χ2v) is 3.53. The Bertz CT molecular complexity index is 207. The molecular weight excluding hydrogens is 160 g/mol. The monoisotopic (exact) mass is 178 g/mol. The van der Waals surface area contributed by atoms with Crippen molar-refractivity contribution >= 4 is 0 Å². The molecule has 0 aliphatic carbocycles. The predicted molar refractivity (Wildman–Crippen MR) is 56.5 cm³/mol. The molecule has 1 saturated heterocycles. The van der Waals surface area contributed by atoms with E-state index in [2.05, 4.69) is 26.7 Å². The van der Waals surface area contributed by atoms with Gasteiger partial charge in [0.25, 0.3) is 0 Å². The molecule has 13 heavy (non-hydrogen) atoms. The zero-order valence-corrected chi connectivity index (χ0v) is 8.28. The van der Waals surface area contributed by atoms with Gasteiger partial charge in [0.15, 0.2) is 0 Å². The van der Waals surface area contributed by atoms with E-state index >= 15 is 0 Å². The van der Waals surface area contributed by atoms with Gasteiger partial charge in [0.2, 0.25) is 0 Å². The Morgan fingerprint density at radius 2 is 1.77 bits per heavy atom. The van der Waals surface area contributed by atoms with Crippen molar-refractivity contribution in [1.82, 2.24) is 0 Å². The van der Waals surface area contributed by atoms with Crippen LogP contribution >= 0.6 is 0 Å². The van der Waals surface area contributed by atoms with Crippen molar-refractivity contribution in [1.29, 1.82) is 0 Å². The van der Waals surface area contributed by atoms with Gasteiger partial charge in [0.1, 0.15) is 0 Å². The molecule has 0 bridgehead atoms. The predicted octanol–water partition coefficient (Wildman–Crippen LogP) is 2.95. The molecule has 0 spiro atoms. The molecule has 1 aliphatic rings. The molecule has 0 saturated carbocycles. The summed E-state index contributed by atoms with van der Waals surface area (Å²) < 4.78 is 5.79. The second-order valence-electron chi connectivity index (χ2n) is 3.53. The first-order chi connectivity index (χ1) is 6.24. The van der Waals surface area contributed by atoms with Gasteiger partial charge in [-0.05, 0) is 13.3 Å². The maximum Gasteiger partial charge on any atom is 0.0682 e. The lowest BCUT2D eigenvalue weighted by molar-refractivity contribution is 0.0469. The van der Waals surface area contributed by atoms with Crippen LogP contribution in [0.15, 0.2) is 38.0 Å². The van der Waals surface area contributed by atoms with Crippen LogP contribution in [-0.2, 0) is 4.74 Å². The largest absolute Gasteiger partial charge is 0.374 e. The van der Waals surface area contributed by atoms with Gasteiger partial charge in [-0.2, -0.15) is 0 Å². The van der Waals surface area contributed by atoms with Crippen molar-refractivity contribution in [3.05, 3.63) is 38.0 Å². The SMILES string of the molecule is C=CCC1OC(C)C(C=C)C1C=C. The van der Waals surface area contributed by atoms with Crippen molar-refractivity contribution in [3.8, 4) is 0 Å². The average Bonchev–Trinajstić information content (AvgIpc) is 2.41. The van der Waals surface area contributed by atoms with Crippen molar-refractivity contribution in [3.63, 3.8) is 0 Å². The molecule has 1 fully saturated rings. The highest BCUT2D eigenvalue weighted by atomic mass is 16.5. The first kappa shape index (κ1) is 10.3. The summed E-state index contributed by atoms with van der Waals surface area (Å²) in [4.78, 5) is 0. The molecule has 4 unspecified atom stereocenters. The Morgan fingerprint density at radius 1 is 1.15 bits per heavy atom. The Morgan fingerprint density at radius 3 is 2.23 bits per heavy atom. The molecule has 1 heteroatoms. The number of ether oxygens (including phenoxy) is 1. The highest BCUT2D eigenvalue weighted by molar-refractivity contribution is 5.04. The summed E-state index contributed by atoms with van der Waals surface area (Å²) in [5.74, 6) is 0.799. The van der Waals surface area contributed by atoms with Crippen molar-refractivity contribution in [2.45, 2.75) is 25.6 Å². The lowest BCUT2D eigenvalue weighted by Gasteiger charge is -2.15. The summed E-state index contributed by atoms with van der Waals surface area (Å²) in [5, 5.41) is 0. The van der Waals surface area contributed by atoms with E-state index in [9.17, 15) is 0 Å². The molecule has 0 aromatic heterocycles. The molecule has 0 aromatic carbocycles. The first-order valence-corrected chi connectivity index (χ1v) is 4.76. The van der Waals surface area contributed by atoms with E-state index in [1.165, 1.54) is 0 Å². The van der Waals surface area contributed by atoms with Gasteiger partial charge in [-0.15, -0.1) is 19.7 Å². The lowest BCUT2D eigenvalue weighted by atomic mass is 9.86. The summed E-state index contributed by atoms with van der Waals surface area (Å²) in [6.45, 7) is 13.5.